The zero-order valence-electron chi connectivity index (χ0n) is 38.3. The Kier molecular flexibility index (Phi) is 12.9. The first-order chi connectivity index (χ1) is 35.1. The standard InChI is InChI=1S/C56H50N4O12/c61-27-43-49(63)51(65)53(67)55(71-43)69-33-15-7-13-31(25-33)47-39-21-17-35(57-39)45(29-9-3-1-4-10-29)36-18-22-40(58-36)48(32-14-8-16-34(26-32)70-56-54(68)52(66)50(64)44(28-62)72-56)42-24-20-38(60-42)46(30-11-5-2-6-12-30)37-19-23-41(47)59-37/h1-26,43-44,49-57,60-68H,27-28H2/t43-,44-,49-,50-,51+,52+,53-,54-,55-,56-/m1/s1. The molecule has 8 bridgehead atoms. The van der Waals surface area contributed by atoms with Crippen LogP contribution in [0.15, 0.2) is 133 Å². The molecular formula is C56H50N4O12. The SMILES string of the molecule is OC[C@H]1O[C@@H](Oc2cccc(-c3c4nc(c(-c5ccccc5)c5ccc([nH]5)c(-c5cccc(O[C@@H]6O[C@H](CO)[C@@H](O)[C@H](O)[C@H]6O)c5)c5nc(c(-c6ccccc6)c6ccc3[nH]6)C=C5)C=C4)c2)[C@H](O)[C@@H](O)[C@@H]1O. The normalized spacial score (nSPS) is 24.8. The summed E-state index contributed by atoms with van der Waals surface area (Å²) >= 11 is 0. The van der Waals surface area contributed by atoms with Crippen LogP contribution in [0.1, 0.15) is 22.8 Å². The molecule has 366 valence electrons. The number of hydrogen-bond donors (Lipinski definition) is 10. The predicted octanol–water partition coefficient (Wildman–Crippen LogP) is 5.68. The van der Waals surface area contributed by atoms with Gasteiger partial charge in [0.2, 0.25) is 12.6 Å². The summed E-state index contributed by atoms with van der Waals surface area (Å²) in [4.78, 5) is 18.1. The number of hydrogen-bond acceptors (Lipinski definition) is 14. The molecule has 16 nitrogen and oxygen atoms in total. The van der Waals surface area contributed by atoms with Crippen LogP contribution in [-0.2, 0) is 9.47 Å². The average molecular weight is 971 g/mol. The van der Waals surface area contributed by atoms with Gasteiger partial charge in [0.1, 0.15) is 60.3 Å². The Labute approximate surface area is 411 Å². The highest BCUT2D eigenvalue weighted by Gasteiger charge is 2.46. The van der Waals surface area contributed by atoms with Crippen LogP contribution in [0.5, 0.6) is 11.5 Å². The van der Waals surface area contributed by atoms with Crippen molar-refractivity contribution in [1.29, 1.82) is 0 Å². The van der Waals surface area contributed by atoms with Gasteiger partial charge in [-0.15, -0.1) is 0 Å². The molecule has 0 aliphatic carbocycles. The third kappa shape index (κ3) is 8.79. The van der Waals surface area contributed by atoms with Crippen LogP contribution in [0, 0.1) is 0 Å². The molecular weight excluding hydrogens is 921 g/mol. The molecule has 0 spiro atoms. The molecule has 3 aromatic heterocycles. The summed E-state index contributed by atoms with van der Waals surface area (Å²) in [6, 6.07) is 42.1. The molecule has 4 aliphatic rings. The van der Waals surface area contributed by atoms with Gasteiger partial charge in [-0.3, -0.25) is 0 Å². The highest BCUT2D eigenvalue weighted by atomic mass is 16.7. The van der Waals surface area contributed by atoms with Crippen molar-refractivity contribution >= 4 is 46.4 Å². The number of aliphatic hydroxyl groups excluding tert-OH is 8. The van der Waals surface area contributed by atoms with Crippen molar-refractivity contribution in [3.8, 4) is 56.0 Å². The van der Waals surface area contributed by atoms with E-state index in [0.717, 1.165) is 33.3 Å². The summed E-state index contributed by atoms with van der Waals surface area (Å²) in [6.07, 6.45) is -6.81. The first kappa shape index (κ1) is 47.0. The van der Waals surface area contributed by atoms with E-state index in [1.54, 1.807) is 36.4 Å². The van der Waals surface area contributed by atoms with E-state index in [2.05, 4.69) is 9.97 Å². The second-order valence-corrected chi connectivity index (χ2v) is 17.9. The number of H-pyrrole nitrogens is 2. The molecule has 2 fully saturated rings. The van der Waals surface area contributed by atoms with Crippen molar-refractivity contribution in [1.82, 2.24) is 19.9 Å². The first-order valence-corrected chi connectivity index (χ1v) is 23.5. The van der Waals surface area contributed by atoms with E-state index in [4.69, 9.17) is 28.9 Å². The summed E-state index contributed by atoms with van der Waals surface area (Å²) in [5, 5.41) is 83.3. The lowest BCUT2D eigenvalue weighted by Gasteiger charge is -2.39. The van der Waals surface area contributed by atoms with Gasteiger partial charge in [-0.25, -0.2) is 9.97 Å². The van der Waals surface area contributed by atoms with Gasteiger partial charge in [-0.1, -0.05) is 84.9 Å². The van der Waals surface area contributed by atoms with Gasteiger partial charge in [-0.2, -0.15) is 0 Å². The molecule has 0 saturated carbocycles. The molecule has 10 atom stereocenters. The Hall–Kier alpha value is -7.32. The molecule has 72 heavy (non-hydrogen) atoms. The maximum absolute atomic E-state index is 10.9. The maximum atomic E-state index is 10.9. The quantitative estimate of drug-likeness (QED) is 0.0792. The number of fused-ring (bicyclic) bond motifs is 8. The number of benzene rings is 4. The molecule has 7 aromatic rings. The molecule has 2 saturated heterocycles. The van der Waals surface area contributed by atoms with E-state index in [9.17, 15) is 40.9 Å². The zero-order valence-corrected chi connectivity index (χ0v) is 38.3. The topological polar surface area (TPSA) is 256 Å². The first-order valence-electron chi connectivity index (χ1n) is 23.5. The Balaban J connectivity index is 1.13. The minimum Gasteiger partial charge on any atom is -0.462 e. The van der Waals surface area contributed by atoms with Crippen LogP contribution in [0.2, 0.25) is 0 Å². The van der Waals surface area contributed by atoms with Crippen LogP contribution in [0.3, 0.4) is 0 Å². The Morgan fingerprint density at radius 3 is 1.07 bits per heavy atom. The Bertz CT molecular complexity index is 3130. The van der Waals surface area contributed by atoms with Gasteiger partial charge in [0.05, 0.1) is 36.0 Å². The lowest BCUT2D eigenvalue weighted by atomic mass is 9.99. The number of ether oxygens (including phenoxy) is 4. The van der Waals surface area contributed by atoms with Gasteiger partial charge in [0, 0.05) is 44.3 Å². The number of aromatic amines is 2. The number of nitrogens with zero attached hydrogens (tertiary/aromatic N) is 2. The fraction of sp³-hybridized carbons (Fsp3) is 0.214. The fourth-order valence-electron chi connectivity index (χ4n) is 9.68. The summed E-state index contributed by atoms with van der Waals surface area (Å²) < 4.78 is 23.7. The second kappa shape index (κ2) is 19.7. The molecule has 0 amide bonds. The smallest absolute Gasteiger partial charge is 0.229 e. The van der Waals surface area contributed by atoms with Crippen LogP contribution in [0.4, 0.5) is 0 Å². The highest BCUT2D eigenvalue weighted by molar-refractivity contribution is 6.00. The van der Waals surface area contributed by atoms with Crippen LogP contribution in [0.25, 0.3) is 90.9 Å². The van der Waals surface area contributed by atoms with Crippen LogP contribution >= 0.6 is 0 Å². The van der Waals surface area contributed by atoms with Crippen LogP contribution in [-0.4, -0.2) is 135 Å². The van der Waals surface area contributed by atoms with E-state index >= 15 is 0 Å². The largest absolute Gasteiger partial charge is 0.462 e. The molecule has 10 N–H and O–H groups in total. The van der Waals surface area contributed by atoms with Crippen molar-refractivity contribution in [3.05, 3.63) is 156 Å². The molecule has 4 aliphatic heterocycles. The minimum absolute atomic E-state index is 0.286. The lowest BCUT2D eigenvalue weighted by molar-refractivity contribution is -0.277. The van der Waals surface area contributed by atoms with Crippen molar-refractivity contribution in [2.75, 3.05) is 13.2 Å². The number of rotatable bonds is 10. The van der Waals surface area contributed by atoms with E-state index in [1.165, 1.54) is 0 Å². The lowest BCUT2D eigenvalue weighted by Crippen LogP contribution is -2.60. The van der Waals surface area contributed by atoms with Crippen molar-refractivity contribution < 1.29 is 59.8 Å². The number of nitrogens with one attached hydrogen (secondary N) is 2. The number of aliphatic hydroxyl groups is 8. The monoisotopic (exact) mass is 970 g/mol. The Morgan fingerprint density at radius 1 is 0.389 bits per heavy atom. The maximum Gasteiger partial charge on any atom is 0.229 e. The second-order valence-electron chi connectivity index (χ2n) is 17.9. The van der Waals surface area contributed by atoms with Gasteiger partial charge in [0.15, 0.2) is 0 Å². The minimum atomic E-state index is -1.62. The molecule has 4 aromatic carbocycles. The van der Waals surface area contributed by atoms with Gasteiger partial charge in [-0.05, 0) is 95.1 Å². The third-order valence-electron chi connectivity index (χ3n) is 13.3. The summed E-state index contributed by atoms with van der Waals surface area (Å²) in [7, 11) is 0. The van der Waals surface area contributed by atoms with E-state index in [0.29, 0.717) is 56.1 Å². The molecule has 0 unspecified atom stereocenters. The highest BCUT2D eigenvalue weighted by Crippen LogP contribution is 2.40. The molecule has 0 radical (unpaired) electrons. The average Bonchev–Trinajstić information content (AvgIpc) is 4.26. The van der Waals surface area contributed by atoms with Crippen LogP contribution < -0.4 is 9.47 Å². The van der Waals surface area contributed by atoms with Gasteiger partial charge >= 0.3 is 0 Å². The van der Waals surface area contributed by atoms with E-state index in [1.807, 2.05) is 121 Å². The molecule has 7 heterocycles. The van der Waals surface area contributed by atoms with Gasteiger partial charge in [0.25, 0.3) is 0 Å². The molecule has 11 rings (SSSR count). The summed E-state index contributed by atoms with van der Waals surface area (Å²) in [5.41, 5.74) is 11.7. The predicted molar refractivity (Wildman–Crippen MR) is 269 cm³/mol. The van der Waals surface area contributed by atoms with Crippen molar-refractivity contribution in [3.63, 3.8) is 0 Å². The summed E-state index contributed by atoms with van der Waals surface area (Å²) in [5.74, 6) is 0.571. The number of aromatic nitrogens is 4. The van der Waals surface area contributed by atoms with Crippen molar-refractivity contribution in [2.45, 2.75) is 61.4 Å². The molecule has 16 heteroatoms. The van der Waals surface area contributed by atoms with Gasteiger partial charge < -0.3 is 69.8 Å². The zero-order chi connectivity index (χ0) is 49.6. The fourth-order valence-corrected chi connectivity index (χ4v) is 9.68. The Morgan fingerprint density at radius 2 is 0.722 bits per heavy atom. The van der Waals surface area contributed by atoms with Crippen molar-refractivity contribution in [2.24, 2.45) is 0 Å². The van der Waals surface area contributed by atoms with E-state index < -0.39 is 74.6 Å². The third-order valence-corrected chi connectivity index (χ3v) is 13.3. The van der Waals surface area contributed by atoms with E-state index in [-0.39, 0.29) is 11.5 Å². The summed E-state index contributed by atoms with van der Waals surface area (Å²) in [6.45, 7) is -1.20.